The van der Waals surface area contributed by atoms with Gasteiger partial charge in [-0.3, -0.25) is 0 Å². The summed E-state index contributed by atoms with van der Waals surface area (Å²) in [4.78, 5) is 0. The Morgan fingerprint density at radius 3 is 0.835 bits per heavy atom. The molecule has 6 aromatic carbocycles. The zero-order chi connectivity index (χ0) is 55.7. The monoisotopic (exact) mass is 1050 g/mol. The van der Waals surface area contributed by atoms with Gasteiger partial charge in [-0.1, -0.05) is 320 Å². The molecule has 9 rings (SSSR count). The summed E-state index contributed by atoms with van der Waals surface area (Å²) in [6, 6.07) is 50.9. The summed E-state index contributed by atoms with van der Waals surface area (Å²) in [7, 11) is 0. The Bertz CT molecular complexity index is 2670. The van der Waals surface area contributed by atoms with Crippen LogP contribution in [0.25, 0.3) is 33.4 Å². The number of rotatable bonds is 30. The van der Waals surface area contributed by atoms with Crippen molar-refractivity contribution in [1.29, 1.82) is 0 Å². The fraction of sp³-hybridized carbons (Fsp3) is 0.544. The fourth-order valence-electron chi connectivity index (χ4n) is 15.6. The van der Waals surface area contributed by atoms with Gasteiger partial charge in [-0.2, -0.15) is 0 Å². The molecule has 0 amide bonds. The molecule has 79 heavy (non-hydrogen) atoms. The van der Waals surface area contributed by atoms with E-state index in [4.69, 9.17) is 0 Å². The average Bonchev–Trinajstić information content (AvgIpc) is 2.68. The topological polar surface area (TPSA) is 0 Å². The molecule has 0 saturated carbocycles. The molecule has 0 unspecified atom stereocenters. The van der Waals surface area contributed by atoms with Crippen molar-refractivity contribution in [3.8, 4) is 33.4 Å². The number of hydrogen-bond acceptors (Lipinski definition) is 0. The summed E-state index contributed by atoms with van der Waals surface area (Å²) < 4.78 is 0. The second-order valence-electron chi connectivity index (χ2n) is 27.6. The van der Waals surface area contributed by atoms with Gasteiger partial charge in [-0.05, 0) is 150 Å². The standard InChI is InChI=1S/C79H106/c1-11-15-19-23-27-35-51-77(52-36-28-24-20-16-12-2)69-41-33-31-39-63(69)65-57-73-67(55-71(65)77)68-56-72-66(64-40-32-34-42-70(64)78(72,53-37-29-25-21-17-13-3)54-38-30-26-22-18-14-4)58-74(68)79(73,61-47-43-59(44-48-61)75(5,6)7)62-49-45-60(46-50-62)76(8,9)10/h31-34,39-50,55-58H,11-30,35-38,51-54H2,1-10H3. The lowest BCUT2D eigenvalue weighted by Crippen LogP contribution is -2.30. The van der Waals surface area contributed by atoms with Crippen LogP contribution in [0.2, 0.25) is 0 Å². The lowest BCUT2D eigenvalue weighted by Gasteiger charge is -2.36. The first-order valence-corrected chi connectivity index (χ1v) is 33.1. The lowest BCUT2D eigenvalue weighted by molar-refractivity contribution is 0.397. The van der Waals surface area contributed by atoms with Gasteiger partial charge in [0.15, 0.2) is 0 Å². The van der Waals surface area contributed by atoms with Crippen LogP contribution in [0.3, 0.4) is 0 Å². The molecule has 3 aliphatic carbocycles. The molecule has 0 aliphatic heterocycles. The van der Waals surface area contributed by atoms with E-state index in [0.717, 1.165) is 0 Å². The predicted molar refractivity (Wildman–Crippen MR) is 346 cm³/mol. The van der Waals surface area contributed by atoms with Crippen LogP contribution >= 0.6 is 0 Å². The van der Waals surface area contributed by atoms with E-state index in [2.05, 4.69) is 191 Å². The van der Waals surface area contributed by atoms with E-state index >= 15 is 0 Å². The van der Waals surface area contributed by atoms with Crippen molar-refractivity contribution in [1.82, 2.24) is 0 Å². The van der Waals surface area contributed by atoms with E-state index in [1.165, 1.54) is 247 Å². The van der Waals surface area contributed by atoms with Gasteiger partial charge in [0.2, 0.25) is 0 Å². The molecular formula is C79H106. The van der Waals surface area contributed by atoms with Gasteiger partial charge in [-0.15, -0.1) is 0 Å². The zero-order valence-corrected chi connectivity index (χ0v) is 51.8. The average molecular weight is 1060 g/mol. The van der Waals surface area contributed by atoms with Gasteiger partial charge < -0.3 is 0 Å². The van der Waals surface area contributed by atoms with Crippen molar-refractivity contribution in [2.24, 2.45) is 0 Å². The highest BCUT2D eigenvalue weighted by Gasteiger charge is 2.52. The van der Waals surface area contributed by atoms with E-state index in [1.807, 2.05) is 0 Å². The molecule has 0 spiro atoms. The molecule has 3 aliphatic rings. The SMILES string of the molecule is CCCCCCCCC1(CCCCCCCC)c2ccccc2-c2cc3c(cc21)-c1cc2c(cc1C3(c1ccc(C(C)(C)C)cc1)c1ccc(C(C)(C)C)cc1)-c1ccccc1C2(CCCCCCCC)CCCCCCCC. The van der Waals surface area contributed by atoms with Gasteiger partial charge in [0.25, 0.3) is 0 Å². The second kappa shape index (κ2) is 26.1. The maximum Gasteiger partial charge on any atom is 0.0714 e. The molecule has 0 aromatic heterocycles. The molecule has 0 nitrogen and oxygen atoms in total. The van der Waals surface area contributed by atoms with Crippen LogP contribution in [0.1, 0.15) is 305 Å². The number of hydrogen-bond donors (Lipinski definition) is 0. The summed E-state index contributed by atoms with van der Waals surface area (Å²) in [5, 5.41) is 0. The van der Waals surface area contributed by atoms with Gasteiger partial charge in [0, 0.05) is 10.8 Å². The minimum atomic E-state index is -0.529. The van der Waals surface area contributed by atoms with E-state index in [0.29, 0.717) is 0 Å². The molecule has 422 valence electrons. The Kier molecular flexibility index (Phi) is 19.4. The highest BCUT2D eigenvalue weighted by atomic mass is 14.5. The molecule has 0 heteroatoms. The third-order valence-corrected chi connectivity index (χ3v) is 20.1. The van der Waals surface area contributed by atoms with E-state index < -0.39 is 5.41 Å². The fourth-order valence-corrected chi connectivity index (χ4v) is 15.6. The molecular weight excluding hydrogens is 949 g/mol. The molecule has 0 radical (unpaired) electrons. The summed E-state index contributed by atoms with van der Waals surface area (Å²) in [6.07, 6.45) is 36.9. The van der Waals surface area contributed by atoms with Crippen molar-refractivity contribution >= 4 is 0 Å². The molecule has 0 atom stereocenters. The summed E-state index contributed by atoms with van der Waals surface area (Å²) in [6.45, 7) is 23.6. The highest BCUT2D eigenvalue weighted by Crippen LogP contribution is 2.65. The Morgan fingerprint density at radius 1 is 0.266 bits per heavy atom. The number of unbranched alkanes of at least 4 members (excludes halogenated alkanes) is 20. The van der Waals surface area contributed by atoms with Crippen LogP contribution in [0, 0.1) is 0 Å². The van der Waals surface area contributed by atoms with Crippen LogP contribution in [0.5, 0.6) is 0 Å². The quantitative estimate of drug-likeness (QED) is 0.0394. The third-order valence-electron chi connectivity index (χ3n) is 20.1. The van der Waals surface area contributed by atoms with Gasteiger partial charge >= 0.3 is 0 Å². The van der Waals surface area contributed by atoms with Gasteiger partial charge in [-0.25, -0.2) is 0 Å². The summed E-state index contributed by atoms with van der Waals surface area (Å²) in [5.74, 6) is 0. The van der Waals surface area contributed by atoms with E-state index in [1.54, 1.807) is 22.3 Å². The third kappa shape index (κ3) is 11.9. The van der Waals surface area contributed by atoms with Crippen LogP contribution in [0.4, 0.5) is 0 Å². The molecule has 0 bridgehead atoms. The Hall–Kier alpha value is -4.68. The van der Waals surface area contributed by atoms with Gasteiger partial charge in [0.1, 0.15) is 0 Å². The van der Waals surface area contributed by atoms with Crippen molar-refractivity contribution in [2.75, 3.05) is 0 Å². The van der Waals surface area contributed by atoms with Crippen molar-refractivity contribution in [3.05, 3.63) is 177 Å². The van der Waals surface area contributed by atoms with Crippen LogP contribution in [0.15, 0.2) is 121 Å². The van der Waals surface area contributed by atoms with Gasteiger partial charge in [0.05, 0.1) is 5.41 Å². The first kappa shape index (κ1) is 59.0. The largest absolute Gasteiger partial charge is 0.0714 e. The zero-order valence-electron chi connectivity index (χ0n) is 51.8. The normalized spacial score (nSPS) is 15.2. The first-order chi connectivity index (χ1) is 38.3. The van der Waals surface area contributed by atoms with E-state index in [9.17, 15) is 0 Å². The van der Waals surface area contributed by atoms with Crippen molar-refractivity contribution in [2.45, 2.75) is 276 Å². The summed E-state index contributed by atoms with van der Waals surface area (Å²) in [5.41, 5.74) is 23.5. The number of fused-ring (bicyclic) bond motifs is 9. The Balaban J connectivity index is 1.32. The maximum absolute atomic E-state index is 2.85. The smallest absolute Gasteiger partial charge is 0.0654 e. The molecule has 6 aromatic rings. The predicted octanol–water partition coefficient (Wildman–Crippen LogP) is 24.2. The first-order valence-electron chi connectivity index (χ1n) is 33.1. The molecule has 0 N–H and O–H groups in total. The van der Waals surface area contributed by atoms with Crippen molar-refractivity contribution < 1.29 is 0 Å². The Labute approximate surface area is 483 Å². The molecule has 0 saturated heterocycles. The summed E-state index contributed by atoms with van der Waals surface area (Å²) >= 11 is 0. The minimum Gasteiger partial charge on any atom is -0.0654 e. The molecule has 0 fully saturated rings. The van der Waals surface area contributed by atoms with Crippen LogP contribution in [-0.4, -0.2) is 0 Å². The van der Waals surface area contributed by atoms with Crippen LogP contribution in [-0.2, 0) is 27.1 Å². The lowest BCUT2D eigenvalue weighted by atomic mass is 9.65. The highest BCUT2D eigenvalue weighted by molar-refractivity contribution is 5.96. The number of benzene rings is 6. The van der Waals surface area contributed by atoms with Crippen LogP contribution < -0.4 is 0 Å². The maximum atomic E-state index is 2.85. The van der Waals surface area contributed by atoms with E-state index in [-0.39, 0.29) is 21.7 Å². The minimum absolute atomic E-state index is 0.00310. The second-order valence-corrected chi connectivity index (χ2v) is 27.6. The Morgan fingerprint density at radius 2 is 0.532 bits per heavy atom. The van der Waals surface area contributed by atoms with Crippen molar-refractivity contribution in [3.63, 3.8) is 0 Å². The molecule has 0 heterocycles.